The summed E-state index contributed by atoms with van der Waals surface area (Å²) in [5, 5.41) is 7.84. The molecule has 2 aromatic carbocycles. The Kier molecular flexibility index (Phi) is 10.5. The van der Waals surface area contributed by atoms with Crippen molar-refractivity contribution in [1.29, 1.82) is 0 Å². The number of rotatable bonds is 11. The minimum absolute atomic E-state index is 0.0769. The van der Waals surface area contributed by atoms with Crippen LogP contribution in [0.4, 0.5) is 26.3 Å². The number of amides is 3. The minimum Gasteiger partial charge on any atom is -0.496 e. The molecule has 2 atom stereocenters. The summed E-state index contributed by atoms with van der Waals surface area (Å²) in [7, 11) is 1.45. The first-order valence-corrected chi connectivity index (χ1v) is 14.1. The Morgan fingerprint density at radius 3 is 2.28 bits per heavy atom. The third kappa shape index (κ3) is 8.39. The van der Waals surface area contributed by atoms with Crippen molar-refractivity contribution in [2.45, 2.75) is 37.7 Å². The lowest BCUT2D eigenvalue weighted by atomic mass is 9.90. The lowest BCUT2D eigenvalue weighted by Crippen LogP contribution is -2.49. The van der Waals surface area contributed by atoms with Gasteiger partial charge in [-0.25, -0.2) is 4.79 Å². The van der Waals surface area contributed by atoms with Crippen LogP contribution in [0.1, 0.15) is 51.2 Å². The predicted octanol–water partition coefficient (Wildman–Crippen LogP) is 3.77. The van der Waals surface area contributed by atoms with Crippen LogP contribution in [0.2, 0.25) is 0 Å². The Hall–Kier alpha value is -5.09. The lowest BCUT2D eigenvalue weighted by Gasteiger charge is -2.26. The number of aromatic amines is 1. The van der Waals surface area contributed by atoms with E-state index in [0.29, 0.717) is 42.1 Å². The van der Waals surface area contributed by atoms with E-state index in [1.807, 2.05) is 0 Å². The van der Waals surface area contributed by atoms with Crippen molar-refractivity contribution in [3.63, 3.8) is 0 Å². The summed E-state index contributed by atoms with van der Waals surface area (Å²) in [5.74, 6) is -5.57. The topological polar surface area (TPSA) is 156 Å². The van der Waals surface area contributed by atoms with Crippen molar-refractivity contribution in [2.24, 2.45) is 5.92 Å². The van der Waals surface area contributed by atoms with Crippen LogP contribution in [-0.2, 0) is 31.5 Å². The number of halogens is 6. The van der Waals surface area contributed by atoms with Crippen LogP contribution in [0.5, 0.6) is 5.75 Å². The Bertz CT molecular complexity index is 1650. The summed E-state index contributed by atoms with van der Waals surface area (Å²) >= 11 is 0. The summed E-state index contributed by atoms with van der Waals surface area (Å²) in [6, 6.07) is 6.00. The van der Waals surface area contributed by atoms with Crippen LogP contribution in [0.3, 0.4) is 0 Å². The smallest absolute Gasteiger partial charge is 0.417 e. The number of carbonyl (C=O) groups is 5. The van der Waals surface area contributed by atoms with Crippen LogP contribution < -0.4 is 20.7 Å². The molecule has 4 rings (SSSR count). The molecular formula is C30H28F6N4O7. The number of ketones is 1. The normalized spacial score (nSPS) is 15.8. The van der Waals surface area contributed by atoms with Gasteiger partial charge in [0.1, 0.15) is 11.4 Å². The minimum atomic E-state index is -5.37. The van der Waals surface area contributed by atoms with Crippen molar-refractivity contribution >= 4 is 40.4 Å². The Morgan fingerprint density at radius 2 is 1.66 bits per heavy atom. The standard InChI is InChI=1S/C30H28F6N4O7/c1-46-23-9-3-8-19-16(23)12-21(39-19)27(44)38-13-24(42)40-20(11-15-5-4-10-37-26(15)43)22(41)14-47-28(45)25-17(29(31,32)33)6-2-7-18(25)30(34,35)36/h2-3,6-9,12,15,20,39H,4-5,10-11,13-14H2,1H3,(H,37,43)(H,38,44)(H,40,42)/t15-,20-/m0/s1. The van der Waals surface area contributed by atoms with Gasteiger partial charge < -0.3 is 30.4 Å². The van der Waals surface area contributed by atoms with Gasteiger partial charge in [-0.3, -0.25) is 19.2 Å². The zero-order valence-corrected chi connectivity index (χ0v) is 24.6. The fourth-order valence-electron chi connectivity index (χ4n) is 5.10. The molecule has 3 amide bonds. The monoisotopic (exact) mass is 670 g/mol. The van der Waals surface area contributed by atoms with E-state index in [1.54, 1.807) is 18.2 Å². The molecule has 1 aliphatic rings. The molecule has 0 radical (unpaired) electrons. The molecule has 17 heteroatoms. The van der Waals surface area contributed by atoms with E-state index in [1.165, 1.54) is 13.2 Å². The van der Waals surface area contributed by atoms with E-state index in [4.69, 9.17) is 4.74 Å². The fraction of sp³-hybridized carbons (Fsp3) is 0.367. The van der Waals surface area contributed by atoms with E-state index >= 15 is 0 Å². The highest BCUT2D eigenvalue weighted by atomic mass is 19.4. The Morgan fingerprint density at radius 1 is 1.00 bits per heavy atom. The van der Waals surface area contributed by atoms with Crippen LogP contribution in [-0.4, -0.2) is 67.3 Å². The van der Waals surface area contributed by atoms with Crippen LogP contribution in [0.15, 0.2) is 42.5 Å². The number of carbonyl (C=O) groups excluding carboxylic acids is 5. The fourth-order valence-corrected chi connectivity index (χ4v) is 5.10. The van der Waals surface area contributed by atoms with Gasteiger partial charge in [0.05, 0.1) is 36.4 Å². The molecule has 1 aromatic heterocycles. The molecular weight excluding hydrogens is 642 g/mol. The summed E-state index contributed by atoms with van der Waals surface area (Å²) in [5.41, 5.74) is -5.02. The molecule has 3 aromatic rings. The Balaban J connectivity index is 1.47. The SMILES string of the molecule is COc1cccc2[nH]c(C(=O)NCC(=O)N[C@@H](C[C@@H]3CCCNC3=O)C(=O)COC(=O)c3c(C(F)(F)F)cccc3C(F)(F)F)cc12. The number of fused-ring (bicyclic) bond motifs is 1. The molecule has 4 N–H and O–H groups in total. The number of ether oxygens (including phenoxy) is 2. The summed E-state index contributed by atoms with van der Waals surface area (Å²) < 4.78 is 90.9. The Labute approximate surface area is 262 Å². The zero-order chi connectivity index (χ0) is 34.5. The highest BCUT2D eigenvalue weighted by Crippen LogP contribution is 2.39. The van der Waals surface area contributed by atoms with E-state index in [2.05, 4.69) is 25.7 Å². The van der Waals surface area contributed by atoms with Crippen LogP contribution in [0.25, 0.3) is 10.9 Å². The van der Waals surface area contributed by atoms with Gasteiger partial charge in [0.15, 0.2) is 12.4 Å². The van der Waals surface area contributed by atoms with Gasteiger partial charge in [-0.2, -0.15) is 26.3 Å². The molecule has 1 saturated heterocycles. The number of Topliss-reactive ketones (excluding diaryl/α,β-unsaturated/α-hetero) is 1. The maximum atomic E-state index is 13.5. The molecule has 0 bridgehead atoms. The summed E-state index contributed by atoms with van der Waals surface area (Å²) in [6.07, 6.45) is -10.2. The van der Waals surface area contributed by atoms with Crippen molar-refractivity contribution in [3.05, 3.63) is 64.8 Å². The second kappa shape index (κ2) is 14.1. The maximum Gasteiger partial charge on any atom is 0.417 e. The van der Waals surface area contributed by atoms with E-state index in [9.17, 15) is 50.3 Å². The number of methoxy groups -OCH3 is 1. The largest absolute Gasteiger partial charge is 0.496 e. The van der Waals surface area contributed by atoms with Crippen molar-refractivity contribution < 1.29 is 59.8 Å². The second-order valence-corrected chi connectivity index (χ2v) is 10.5. The van der Waals surface area contributed by atoms with Crippen molar-refractivity contribution in [3.8, 4) is 5.75 Å². The first-order valence-electron chi connectivity index (χ1n) is 14.1. The van der Waals surface area contributed by atoms with Crippen molar-refractivity contribution in [1.82, 2.24) is 20.9 Å². The molecule has 252 valence electrons. The first-order chi connectivity index (χ1) is 22.1. The van der Waals surface area contributed by atoms with E-state index < -0.39 is 83.6 Å². The van der Waals surface area contributed by atoms with Crippen LogP contribution in [0, 0.1) is 5.92 Å². The molecule has 0 unspecified atom stereocenters. The highest BCUT2D eigenvalue weighted by Gasteiger charge is 2.43. The average Bonchev–Trinajstić information content (AvgIpc) is 3.46. The number of benzene rings is 2. The van der Waals surface area contributed by atoms with Gasteiger partial charge in [0, 0.05) is 23.4 Å². The van der Waals surface area contributed by atoms with E-state index in [-0.39, 0.29) is 24.2 Å². The third-order valence-electron chi connectivity index (χ3n) is 7.37. The van der Waals surface area contributed by atoms with Gasteiger partial charge in [-0.05, 0) is 49.6 Å². The van der Waals surface area contributed by atoms with Gasteiger partial charge in [0.25, 0.3) is 5.91 Å². The molecule has 47 heavy (non-hydrogen) atoms. The first kappa shape index (κ1) is 34.8. The maximum absolute atomic E-state index is 13.5. The second-order valence-electron chi connectivity index (χ2n) is 10.5. The molecule has 0 aliphatic carbocycles. The summed E-state index contributed by atoms with van der Waals surface area (Å²) in [4.78, 5) is 66.4. The lowest BCUT2D eigenvalue weighted by molar-refractivity contribution is -0.144. The number of piperidine rings is 1. The molecule has 1 aliphatic heterocycles. The number of hydrogen-bond acceptors (Lipinski definition) is 7. The molecule has 11 nitrogen and oxygen atoms in total. The molecule has 1 fully saturated rings. The highest BCUT2D eigenvalue weighted by molar-refractivity contribution is 6.01. The predicted molar refractivity (Wildman–Crippen MR) is 151 cm³/mol. The quantitative estimate of drug-likeness (QED) is 0.179. The third-order valence-corrected chi connectivity index (χ3v) is 7.37. The average molecular weight is 671 g/mol. The number of alkyl halides is 6. The van der Waals surface area contributed by atoms with Gasteiger partial charge in [-0.15, -0.1) is 0 Å². The molecule has 2 heterocycles. The number of nitrogens with one attached hydrogen (secondary N) is 4. The number of aromatic nitrogens is 1. The van der Waals surface area contributed by atoms with E-state index in [0.717, 1.165) is 0 Å². The molecule has 0 spiro atoms. The van der Waals surface area contributed by atoms with Gasteiger partial charge in [0.2, 0.25) is 11.8 Å². The van der Waals surface area contributed by atoms with Gasteiger partial charge in [-0.1, -0.05) is 12.1 Å². The summed E-state index contributed by atoms with van der Waals surface area (Å²) in [6.45, 7) is -1.63. The number of hydrogen-bond donors (Lipinski definition) is 4. The van der Waals surface area contributed by atoms with Crippen LogP contribution >= 0.6 is 0 Å². The number of H-pyrrole nitrogens is 1. The molecule has 0 saturated carbocycles. The zero-order valence-electron chi connectivity index (χ0n) is 24.6. The van der Waals surface area contributed by atoms with Gasteiger partial charge >= 0.3 is 18.3 Å². The van der Waals surface area contributed by atoms with Crippen molar-refractivity contribution in [2.75, 3.05) is 26.8 Å². The number of esters is 1.